The van der Waals surface area contributed by atoms with Crippen molar-refractivity contribution in [1.29, 1.82) is 0 Å². The van der Waals surface area contributed by atoms with Crippen LogP contribution in [0, 0.1) is 6.92 Å². The van der Waals surface area contributed by atoms with E-state index in [2.05, 4.69) is 47.8 Å². The Morgan fingerprint density at radius 2 is 2.15 bits per heavy atom. The van der Waals surface area contributed by atoms with Gasteiger partial charge in [0.15, 0.2) is 0 Å². The number of imidazole rings is 1. The number of nitrogens with zero attached hydrogens (tertiary/aromatic N) is 2. The van der Waals surface area contributed by atoms with Crippen molar-refractivity contribution in [3.05, 3.63) is 35.8 Å². The van der Waals surface area contributed by atoms with Crippen LogP contribution in [0.2, 0.25) is 0 Å². The molecule has 2 rings (SSSR count). The first-order valence-electron chi connectivity index (χ1n) is 4.74. The first-order chi connectivity index (χ1) is 6.29. The molecule has 0 saturated carbocycles. The van der Waals surface area contributed by atoms with Crippen molar-refractivity contribution in [2.45, 2.75) is 26.7 Å². The van der Waals surface area contributed by atoms with Gasteiger partial charge in [0.05, 0.1) is 5.69 Å². The Hall–Kier alpha value is -1.31. The molecular weight excluding hydrogens is 160 g/mol. The SMILES string of the molecule is CCCc1cn2cc(C)ccc2n1. The average molecular weight is 174 g/mol. The molecule has 68 valence electrons. The number of hydrogen-bond acceptors (Lipinski definition) is 1. The van der Waals surface area contributed by atoms with Gasteiger partial charge in [-0.3, -0.25) is 0 Å². The maximum atomic E-state index is 4.51. The van der Waals surface area contributed by atoms with E-state index in [9.17, 15) is 0 Å². The summed E-state index contributed by atoms with van der Waals surface area (Å²) in [6, 6.07) is 4.16. The lowest BCUT2D eigenvalue weighted by atomic mass is 10.3. The second kappa shape index (κ2) is 3.21. The standard InChI is InChI=1S/C11H14N2/c1-3-4-10-8-13-7-9(2)5-6-11(13)12-10/h5-8H,3-4H2,1-2H3. The molecule has 0 unspecified atom stereocenters. The summed E-state index contributed by atoms with van der Waals surface area (Å²) >= 11 is 0. The number of hydrogen-bond donors (Lipinski definition) is 0. The zero-order chi connectivity index (χ0) is 9.26. The summed E-state index contributed by atoms with van der Waals surface area (Å²) < 4.78 is 2.10. The van der Waals surface area contributed by atoms with Gasteiger partial charge in [-0.15, -0.1) is 0 Å². The summed E-state index contributed by atoms with van der Waals surface area (Å²) in [4.78, 5) is 4.51. The third-order valence-corrected chi connectivity index (χ3v) is 2.15. The topological polar surface area (TPSA) is 17.3 Å². The third kappa shape index (κ3) is 1.57. The molecule has 2 aromatic rings. The first-order valence-corrected chi connectivity index (χ1v) is 4.74. The lowest BCUT2D eigenvalue weighted by Gasteiger charge is -1.93. The summed E-state index contributed by atoms with van der Waals surface area (Å²) in [6.45, 7) is 4.27. The van der Waals surface area contributed by atoms with E-state index in [0.29, 0.717) is 0 Å². The Morgan fingerprint density at radius 1 is 1.31 bits per heavy atom. The van der Waals surface area contributed by atoms with Crippen LogP contribution in [-0.2, 0) is 6.42 Å². The molecule has 0 radical (unpaired) electrons. The Morgan fingerprint density at radius 3 is 2.92 bits per heavy atom. The van der Waals surface area contributed by atoms with E-state index in [1.807, 2.05) is 0 Å². The van der Waals surface area contributed by atoms with Crippen LogP contribution in [-0.4, -0.2) is 9.38 Å². The van der Waals surface area contributed by atoms with Crippen molar-refractivity contribution in [2.24, 2.45) is 0 Å². The highest BCUT2D eigenvalue weighted by Crippen LogP contribution is 2.08. The van der Waals surface area contributed by atoms with Gasteiger partial charge in [0.2, 0.25) is 0 Å². The summed E-state index contributed by atoms with van der Waals surface area (Å²) in [5.41, 5.74) is 3.51. The Labute approximate surface area is 78.2 Å². The zero-order valence-corrected chi connectivity index (χ0v) is 8.12. The second-order valence-corrected chi connectivity index (χ2v) is 3.45. The molecule has 0 fully saturated rings. The zero-order valence-electron chi connectivity index (χ0n) is 8.12. The highest BCUT2D eigenvalue weighted by molar-refractivity contribution is 5.41. The molecule has 0 spiro atoms. The summed E-state index contributed by atoms with van der Waals surface area (Å²) in [5, 5.41) is 0. The molecule has 0 amide bonds. The van der Waals surface area contributed by atoms with E-state index in [4.69, 9.17) is 0 Å². The van der Waals surface area contributed by atoms with Gasteiger partial charge in [-0.05, 0) is 25.0 Å². The van der Waals surface area contributed by atoms with Crippen molar-refractivity contribution in [3.63, 3.8) is 0 Å². The van der Waals surface area contributed by atoms with Gasteiger partial charge >= 0.3 is 0 Å². The maximum absolute atomic E-state index is 4.51. The second-order valence-electron chi connectivity index (χ2n) is 3.45. The van der Waals surface area contributed by atoms with Crippen LogP contribution in [0.15, 0.2) is 24.5 Å². The van der Waals surface area contributed by atoms with Crippen LogP contribution in [0.3, 0.4) is 0 Å². The molecule has 0 N–H and O–H groups in total. The average Bonchev–Trinajstić information content (AvgIpc) is 2.46. The van der Waals surface area contributed by atoms with Crippen molar-refractivity contribution < 1.29 is 0 Å². The molecule has 0 aromatic carbocycles. The molecule has 0 saturated heterocycles. The predicted molar refractivity (Wildman–Crippen MR) is 53.9 cm³/mol. The predicted octanol–water partition coefficient (Wildman–Crippen LogP) is 2.60. The quantitative estimate of drug-likeness (QED) is 0.684. The number of fused-ring (bicyclic) bond motifs is 1. The molecule has 0 bridgehead atoms. The number of aromatic nitrogens is 2. The van der Waals surface area contributed by atoms with Gasteiger partial charge in [-0.2, -0.15) is 0 Å². The molecule has 2 heteroatoms. The van der Waals surface area contributed by atoms with Crippen molar-refractivity contribution in [1.82, 2.24) is 9.38 Å². The van der Waals surface area contributed by atoms with Crippen molar-refractivity contribution >= 4 is 5.65 Å². The van der Waals surface area contributed by atoms with Gasteiger partial charge in [0, 0.05) is 12.4 Å². The smallest absolute Gasteiger partial charge is 0.136 e. The molecule has 0 aliphatic rings. The van der Waals surface area contributed by atoms with Crippen LogP contribution in [0.1, 0.15) is 24.6 Å². The molecule has 2 heterocycles. The lowest BCUT2D eigenvalue weighted by Crippen LogP contribution is -1.82. The van der Waals surface area contributed by atoms with Crippen molar-refractivity contribution in [2.75, 3.05) is 0 Å². The first kappa shape index (κ1) is 8.30. The normalized spacial score (nSPS) is 10.9. The molecular formula is C11H14N2. The van der Waals surface area contributed by atoms with Gasteiger partial charge in [-0.25, -0.2) is 4.98 Å². The highest BCUT2D eigenvalue weighted by Gasteiger charge is 1.99. The minimum Gasteiger partial charge on any atom is -0.307 e. The Balaban J connectivity index is 2.49. The summed E-state index contributed by atoms with van der Waals surface area (Å²) in [5.74, 6) is 0. The highest BCUT2D eigenvalue weighted by atomic mass is 15.0. The van der Waals surface area contributed by atoms with Crippen LogP contribution in [0.25, 0.3) is 5.65 Å². The van der Waals surface area contributed by atoms with Gasteiger partial charge in [0.25, 0.3) is 0 Å². The van der Waals surface area contributed by atoms with Gasteiger partial charge in [-0.1, -0.05) is 19.4 Å². The Bertz CT molecular complexity index is 415. The van der Waals surface area contributed by atoms with E-state index >= 15 is 0 Å². The van der Waals surface area contributed by atoms with Crippen LogP contribution in [0.5, 0.6) is 0 Å². The Kier molecular flexibility index (Phi) is 2.05. The van der Waals surface area contributed by atoms with Gasteiger partial charge < -0.3 is 4.40 Å². The van der Waals surface area contributed by atoms with E-state index < -0.39 is 0 Å². The van der Waals surface area contributed by atoms with E-state index in [-0.39, 0.29) is 0 Å². The fourth-order valence-corrected chi connectivity index (χ4v) is 1.53. The number of aryl methyl sites for hydroxylation is 2. The minimum atomic E-state index is 1.05. The third-order valence-electron chi connectivity index (χ3n) is 2.15. The molecule has 2 aromatic heterocycles. The molecule has 0 aliphatic carbocycles. The molecule has 0 aliphatic heterocycles. The van der Waals surface area contributed by atoms with E-state index in [1.165, 1.54) is 11.3 Å². The van der Waals surface area contributed by atoms with Crippen LogP contribution >= 0.6 is 0 Å². The number of rotatable bonds is 2. The number of pyridine rings is 1. The summed E-state index contributed by atoms with van der Waals surface area (Å²) in [6.07, 6.45) is 6.46. The van der Waals surface area contributed by atoms with Crippen molar-refractivity contribution in [3.8, 4) is 0 Å². The summed E-state index contributed by atoms with van der Waals surface area (Å²) in [7, 11) is 0. The van der Waals surface area contributed by atoms with Crippen LogP contribution < -0.4 is 0 Å². The molecule has 2 nitrogen and oxygen atoms in total. The van der Waals surface area contributed by atoms with Gasteiger partial charge in [0.1, 0.15) is 5.65 Å². The van der Waals surface area contributed by atoms with E-state index in [0.717, 1.165) is 18.5 Å². The lowest BCUT2D eigenvalue weighted by molar-refractivity contribution is 0.894. The van der Waals surface area contributed by atoms with Crippen LogP contribution in [0.4, 0.5) is 0 Å². The fourth-order valence-electron chi connectivity index (χ4n) is 1.53. The largest absolute Gasteiger partial charge is 0.307 e. The maximum Gasteiger partial charge on any atom is 0.136 e. The fraction of sp³-hybridized carbons (Fsp3) is 0.364. The minimum absolute atomic E-state index is 1.05. The molecule has 0 atom stereocenters. The molecule has 13 heavy (non-hydrogen) atoms. The van der Waals surface area contributed by atoms with E-state index in [1.54, 1.807) is 0 Å². The monoisotopic (exact) mass is 174 g/mol.